The largest absolute Gasteiger partial charge is 0.320 e. The topological polar surface area (TPSA) is 46.0 Å². The van der Waals surface area contributed by atoms with Gasteiger partial charge in [-0.05, 0) is 45.8 Å². The van der Waals surface area contributed by atoms with Gasteiger partial charge >= 0.3 is 0 Å². The lowest BCUT2D eigenvalue weighted by atomic mass is 10.0. The zero-order chi connectivity index (χ0) is 12.8. The molecule has 2 rings (SSSR count). The first-order chi connectivity index (χ1) is 8.77. The molecule has 1 aromatic rings. The molecule has 18 heavy (non-hydrogen) atoms. The molecule has 1 aromatic heterocycles. The monoisotopic (exact) mass is 251 g/mol. The average Bonchev–Trinajstić information content (AvgIpc) is 2.77. The Morgan fingerprint density at radius 2 is 2.33 bits per heavy atom. The number of aryl methyl sites for hydroxylation is 1. The van der Waals surface area contributed by atoms with Crippen molar-refractivity contribution >= 4 is 0 Å². The molecule has 0 saturated carbocycles. The fourth-order valence-corrected chi connectivity index (χ4v) is 2.56. The van der Waals surface area contributed by atoms with Crippen LogP contribution in [-0.2, 0) is 13.6 Å². The van der Waals surface area contributed by atoms with Crippen LogP contribution >= 0.6 is 0 Å². The predicted molar refractivity (Wildman–Crippen MR) is 72.2 cm³/mol. The second-order valence-corrected chi connectivity index (χ2v) is 5.27. The van der Waals surface area contributed by atoms with Gasteiger partial charge in [-0.15, -0.1) is 10.2 Å². The normalized spacial score (nSPS) is 21.3. The standard InChI is InChI=1S/C13H25N5/c1-12-6-3-4-8-18(12)9-5-7-14-10-13-16-15-11-17(13)2/h11-12,14H,3-10H2,1-2H3. The molecule has 1 atom stereocenters. The number of likely N-dealkylation sites (tertiary alicyclic amines) is 1. The Kier molecular flexibility index (Phi) is 5.13. The molecule has 0 aromatic carbocycles. The van der Waals surface area contributed by atoms with Gasteiger partial charge in [0.15, 0.2) is 0 Å². The number of hydrogen-bond acceptors (Lipinski definition) is 4. The molecule has 1 aliphatic heterocycles. The summed E-state index contributed by atoms with van der Waals surface area (Å²) >= 11 is 0. The van der Waals surface area contributed by atoms with Gasteiger partial charge in [-0.3, -0.25) is 0 Å². The number of nitrogens with zero attached hydrogens (tertiary/aromatic N) is 4. The van der Waals surface area contributed by atoms with Gasteiger partial charge in [-0.1, -0.05) is 6.42 Å². The quantitative estimate of drug-likeness (QED) is 0.771. The predicted octanol–water partition coefficient (Wildman–Crippen LogP) is 1.17. The highest BCUT2D eigenvalue weighted by Gasteiger charge is 2.16. The van der Waals surface area contributed by atoms with Gasteiger partial charge in [0.25, 0.3) is 0 Å². The number of aromatic nitrogens is 3. The summed E-state index contributed by atoms with van der Waals surface area (Å²) < 4.78 is 1.96. The Labute approximate surface area is 110 Å². The molecule has 0 amide bonds. The van der Waals surface area contributed by atoms with E-state index in [0.717, 1.165) is 25.0 Å². The SMILES string of the molecule is CC1CCCCN1CCCNCc1nncn1C. The maximum absolute atomic E-state index is 4.06. The third kappa shape index (κ3) is 3.78. The summed E-state index contributed by atoms with van der Waals surface area (Å²) in [6, 6.07) is 0.775. The molecule has 0 bridgehead atoms. The summed E-state index contributed by atoms with van der Waals surface area (Å²) in [6.07, 6.45) is 7.10. The summed E-state index contributed by atoms with van der Waals surface area (Å²) in [5.41, 5.74) is 0. The summed E-state index contributed by atoms with van der Waals surface area (Å²) in [4.78, 5) is 2.62. The number of rotatable bonds is 6. The molecule has 1 fully saturated rings. The molecule has 102 valence electrons. The van der Waals surface area contributed by atoms with Crippen LogP contribution in [0.3, 0.4) is 0 Å². The van der Waals surface area contributed by atoms with Crippen molar-refractivity contribution in [2.75, 3.05) is 19.6 Å². The number of piperidine rings is 1. The van der Waals surface area contributed by atoms with Gasteiger partial charge in [0.05, 0.1) is 6.54 Å². The van der Waals surface area contributed by atoms with Crippen molar-refractivity contribution in [1.82, 2.24) is 25.0 Å². The van der Waals surface area contributed by atoms with Crippen molar-refractivity contribution < 1.29 is 0 Å². The van der Waals surface area contributed by atoms with Gasteiger partial charge < -0.3 is 14.8 Å². The number of hydrogen-bond donors (Lipinski definition) is 1. The molecule has 1 saturated heterocycles. The van der Waals surface area contributed by atoms with Crippen LogP contribution in [0, 0.1) is 0 Å². The third-order valence-electron chi connectivity index (χ3n) is 3.83. The molecule has 0 aliphatic carbocycles. The molecule has 1 N–H and O–H groups in total. The van der Waals surface area contributed by atoms with Gasteiger partial charge in [0.1, 0.15) is 12.2 Å². The fraction of sp³-hybridized carbons (Fsp3) is 0.846. The minimum absolute atomic E-state index is 0.775. The first-order valence-electron chi connectivity index (χ1n) is 7.05. The molecule has 1 aliphatic rings. The lowest BCUT2D eigenvalue weighted by molar-refractivity contribution is 0.159. The van der Waals surface area contributed by atoms with E-state index >= 15 is 0 Å². The van der Waals surface area contributed by atoms with Gasteiger partial charge in [-0.2, -0.15) is 0 Å². The van der Waals surface area contributed by atoms with E-state index in [-0.39, 0.29) is 0 Å². The van der Waals surface area contributed by atoms with Crippen molar-refractivity contribution in [1.29, 1.82) is 0 Å². The Bertz CT molecular complexity index is 349. The second-order valence-electron chi connectivity index (χ2n) is 5.27. The molecule has 1 unspecified atom stereocenters. The first kappa shape index (κ1) is 13.5. The Hall–Kier alpha value is -0.940. The van der Waals surface area contributed by atoms with E-state index in [1.54, 1.807) is 6.33 Å². The molecule has 5 nitrogen and oxygen atoms in total. The molecular formula is C13H25N5. The summed E-state index contributed by atoms with van der Waals surface area (Å²) in [5.74, 6) is 1.00. The molecule has 5 heteroatoms. The van der Waals surface area contributed by atoms with Crippen molar-refractivity contribution in [3.05, 3.63) is 12.2 Å². The van der Waals surface area contributed by atoms with E-state index in [4.69, 9.17) is 0 Å². The Balaban J connectivity index is 1.57. The molecule has 0 spiro atoms. The summed E-state index contributed by atoms with van der Waals surface area (Å²) in [5, 5.41) is 11.4. The van der Waals surface area contributed by atoms with Gasteiger partial charge in [-0.25, -0.2) is 0 Å². The minimum atomic E-state index is 0.775. The van der Waals surface area contributed by atoms with Crippen LogP contribution in [-0.4, -0.2) is 45.3 Å². The van der Waals surface area contributed by atoms with E-state index in [0.29, 0.717) is 0 Å². The lowest BCUT2D eigenvalue weighted by Crippen LogP contribution is -2.38. The highest BCUT2D eigenvalue weighted by molar-refractivity contribution is 4.83. The maximum atomic E-state index is 4.06. The molecule has 0 radical (unpaired) electrons. The van der Waals surface area contributed by atoms with Crippen LogP contribution in [0.2, 0.25) is 0 Å². The van der Waals surface area contributed by atoms with E-state index in [1.165, 1.54) is 38.8 Å². The maximum Gasteiger partial charge on any atom is 0.146 e. The van der Waals surface area contributed by atoms with Gasteiger partial charge in [0.2, 0.25) is 0 Å². The Morgan fingerprint density at radius 3 is 3.06 bits per heavy atom. The van der Waals surface area contributed by atoms with E-state index in [1.807, 2.05) is 11.6 Å². The van der Waals surface area contributed by atoms with E-state index < -0.39 is 0 Å². The Morgan fingerprint density at radius 1 is 1.44 bits per heavy atom. The van der Waals surface area contributed by atoms with E-state index in [2.05, 4.69) is 27.3 Å². The zero-order valence-corrected chi connectivity index (χ0v) is 11.6. The average molecular weight is 251 g/mol. The minimum Gasteiger partial charge on any atom is -0.320 e. The van der Waals surface area contributed by atoms with Crippen molar-refractivity contribution in [2.24, 2.45) is 7.05 Å². The highest BCUT2D eigenvalue weighted by atomic mass is 15.3. The summed E-state index contributed by atoms with van der Waals surface area (Å²) in [6.45, 7) is 6.71. The third-order valence-corrected chi connectivity index (χ3v) is 3.83. The van der Waals surface area contributed by atoms with Crippen LogP contribution in [0.1, 0.15) is 38.4 Å². The summed E-state index contributed by atoms with van der Waals surface area (Å²) in [7, 11) is 1.98. The zero-order valence-electron chi connectivity index (χ0n) is 11.6. The first-order valence-corrected chi connectivity index (χ1v) is 7.05. The smallest absolute Gasteiger partial charge is 0.146 e. The molecule has 2 heterocycles. The van der Waals surface area contributed by atoms with Crippen LogP contribution < -0.4 is 5.32 Å². The van der Waals surface area contributed by atoms with Crippen molar-refractivity contribution in [3.8, 4) is 0 Å². The van der Waals surface area contributed by atoms with Crippen LogP contribution in [0.15, 0.2) is 6.33 Å². The number of nitrogens with one attached hydrogen (secondary N) is 1. The van der Waals surface area contributed by atoms with E-state index in [9.17, 15) is 0 Å². The molecular weight excluding hydrogens is 226 g/mol. The second kappa shape index (κ2) is 6.85. The van der Waals surface area contributed by atoms with Gasteiger partial charge in [0, 0.05) is 13.1 Å². The van der Waals surface area contributed by atoms with Crippen LogP contribution in [0.25, 0.3) is 0 Å². The highest BCUT2D eigenvalue weighted by Crippen LogP contribution is 2.15. The van der Waals surface area contributed by atoms with Crippen molar-refractivity contribution in [3.63, 3.8) is 0 Å². The van der Waals surface area contributed by atoms with Crippen LogP contribution in [0.5, 0.6) is 0 Å². The van der Waals surface area contributed by atoms with Crippen molar-refractivity contribution in [2.45, 2.75) is 45.2 Å². The lowest BCUT2D eigenvalue weighted by Gasteiger charge is -2.33. The van der Waals surface area contributed by atoms with Crippen LogP contribution in [0.4, 0.5) is 0 Å². The fourth-order valence-electron chi connectivity index (χ4n) is 2.56.